The van der Waals surface area contributed by atoms with Gasteiger partial charge in [0, 0.05) is 12.2 Å². The van der Waals surface area contributed by atoms with Crippen molar-refractivity contribution in [3.05, 3.63) is 28.5 Å². The van der Waals surface area contributed by atoms with Crippen molar-refractivity contribution in [1.82, 2.24) is 9.88 Å². The minimum absolute atomic E-state index is 0.590. The van der Waals surface area contributed by atoms with E-state index in [2.05, 4.69) is 16.0 Å². The van der Waals surface area contributed by atoms with Gasteiger partial charge in [-0.15, -0.1) is 0 Å². The van der Waals surface area contributed by atoms with Crippen LogP contribution in [0.4, 0.5) is 0 Å². The minimum atomic E-state index is 0.590. The van der Waals surface area contributed by atoms with Gasteiger partial charge in [-0.3, -0.25) is 4.90 Å². The molecular formula is C11H15ClN2. The molecule has 0 atom stereocenters. The number of hydrogen-bond acceptors (Lipinski definition) is 2. The Kier molecular flexibility index (Phi) is 3.04. The van der Waals surface area contributed by atoms with E-state index >= 15 is 0 Å². The second-order valence-corrected chi connectivity index (χ2v) is 4.25. The van der Waals surface area contributed by atoms with Crippen LogP contribution in [0.1, 0.15) is 24.1 Å². The summed E-state index contributed by atoms with van der Waals surface area (Å²) in [6.07, 6.45) is 2.67. The summed E-state index contributed by atoms with van der Waals surface area (Å²) < 4.78 is 0. The Balaban J connectivity index is 2.08. The molecule has 0 aliphatic carbocycles. The Morgan fingerprint density at radius 1 is 1.36 bits per heavy atom. The smallest absolute Gasteiger partial charge is 0.129 e. The molecule has 0 unspecified atom stereocenters. The first-order valence-electron chi connectivity index (χ1n) is 5.10. The highest BCUT2D eigenvalue weighted by molar-refractivity contribution is 6.29. The molecule has 3 heteroatoms. The van der Waals surface area contributed by atoms with E-state index in [1.54, 1.807) is 0 Å². The van der Waals surface area contributed by atoms with Crippen LogP contribution >= 0.6 is 11.6 Å². The van der Waals surface area contributed by atoms with Crippen LogP contribution in [0.25, 0.3) is 0 Å². The summed E-state index contributed by atoms with van der Waals surface area (Å²) in [6.45, 7) is 5.50. The van der Waals surface area contributed by atoms with Gasteiger partial charge in [0.05, 0.1) is 0 Å². The molecule has 1 fully saturated rings. The standard InChI is InChI=1S/C11H15ClN2/c1-9-10(4-5-11(12)13-9)8-14-6-2-3-7-14/h4-5H,2-3,6-8H2,1H3. The topological polar surface area (TPSA) is 16.1 Å². The zero-order valence-electron chi connectivity index (χ0n) is 8.46. The van der Waals surface area contributed by atoms with Gasteiger partial charge in [0.25, 0.3) is 0 Å². The Morgan fingerprint density at radius 3 is 2.71 bits per heavy atom. The van der Waals surface area contributed by atoms with E-state index in [-0.39, 0.29) is 0 Å². The van der Waals surface area contributed by atoms with Gasteiger partial charge in [-0.1, -0.05) is 17.7 Å². The maximum Gasteiger partial charge on any atom is 0.129 e. The lowest BCUT2D eigenvalue weighted by atomic mass is 10.2. The third-order valence-electron chi connectivity index (χ3n) is 2.75. The molecule has 2 heterocycles. The van der Waals surface area contributed by atoms with Gasteiger partial charge in [0.1, 0.15) is 5.15 Å². The molecule has 1 aliphatic rings. The number of rotatable bonds is 2. The monoisotopic (exact) mass is 210 g/mol. The van der Waals surface area contributed by atoms with Crippen molar-refractivity contribution in [3.63, 3.8) is 0 Å². The maximum absolute atomic E-state index is 5.81. The van der Waals surface area contributed by atoms with Crippen LogP contribution in [-0.2, 0) is 6.54 Å². The Bertz CT molecular complexity index is 319. The zero-order chi connectivity index (χ0) is 9.97. The fourth-order valence-electron chi connectivity index (χ4n) is 1.91. The highest BCUT2D eigenvalue weighted by Crippen LogP contribution is 2.16. The van der Waals surface area contributed by atoms with Crippen LogP contribution in [-0.4, -0.2) is 23.0 Å². The highest BCUT2D eigenvalue weighted by atomic mass is 35.5. The predicted molar refractivity (Wildman–Crippen MR) is 58.5 cm³/mol. The second kappa shape index (κ2) is 4.28. The molecule has 1 saturated heterocycles. The molecule has 14 heavy (non-hydrogen) atoms. The number of hydrogen-bond donors (Lipinski definition) is 0. The zero-order valence-corrected chi connectivity index (χ0v) is 9.22. The highest BCUT2D eigenvalue weighted by Gasteiger charge is 2.12. The number of likely N-dealkylation sites (tertiary alicyclic amines) is 1. The van der Waals surface area contributed by atoms with Crippen molar-refractivity contribution < 1.29 is 0 Å². The maximum atomic E-state index is 5.81. The van der Waals surface area contributed by atoms with Gasteiger partial charge >= 0.3 is 0 Å². The van der Waals surface area contributed by atoms with E-state index in [4.69, 9.17) is 11.6 Å². The number of aromatic nitrogens is 1. The van der Waals surface area contributed by atoms with Gasteiger partial charge < -0.3 is 0 Å². The third-order valence-corrected chi connectivity index (χ3v) is 2.96. The first kappa shape index (κ1) is 9.94. The average Bonchev–Trinajstić information content (AvgIpc) is 2.62. The first-order valence-corrected chi connectivity index (χ1v) is 5.48. The SMILES string of the molecule is Cc1nc(Cl)ccc1CN1CCCC1. The molecule has 0 aromatic carbocycles. The van der Waals surface area contributed by atoms with Gasteiger partial charge in [-0.2, -0.15) is 0 Å². The molecule has 1 aromatic rings. The van der Waals surface area contributed by atoms with Crippen LogP contribution in [0.5, 0.6) is 0 Å². The molecule has 0 bridgehead atoms. The number of pyridine rings is 1. The lowest BCUT2D eigenvalue weighted by molar-refractivity contribution is 0.330. The molecule has 1 aliphatic heterocycles. The molecular weight excluding hydrogens is 196 g/mol. The molecule has 1 aromatic heterocycles. The molecule has 2 nitrogen and oxygen atoms in total. The van der Waals surface area contributed by atoms with Gasteiger partial charge in [-0.05, 0) is 44.5 Å². The summed E-state index contributed by atoms with van der Waals surface area (Å²) in [4.78, 5) is 6.72. The number of nitrogens with zero attached hydrogens (tertiary/aromatic N) is 2. The summed E-state index contributed by atoms with van der Waals surface area (Å²) in [7, 11) is 0. The van der Waals surface area contributed by atoms with Crippen molar-refractivity contribution in [2.75, 3.05) is 13.1 Å². The Hall–Kier alpha value is -0.600. The molecule has 0 saturated carbocycles. The quantitative estimate of drug-likeness (QED) is 0.698. The molecule has 0 N–H and O–H groups in total. The lowest BCUT2D eigenvalue weighted by Crippen LogP contribution is -2.19. The molecule has 0 amide bonds. The van der Waals surface area contributed by atoms with Gasteiger partial charge in [0.15, 0.2) is 0 Å². The summed E-state index contributed by atoms with van der Waals surface area (Å²) in [5, 5.41) is 0.590. The van der Waals surface area contributed by atoms with Crippen LogP contribution in [0, 0.1) is 6.92 Å². The predicted octanol–water partition coefficient (Wildman–Crippen LogP) is 2.64. The molecule has 0 spiro atoms. The second-order valence-electron chi connectivity index (χ2n) is 3.86. The number of aryl methyl sites for hydroxylation is 1. The van der Waals surface area contributed by atoms with E-state index in [0.717, 1.165) is 12.2 Å². The van der Waals surface area contributed by atoms with E-state index < -0.39 is 0 Å². The van der Waals surface area contributed by atoms with E-state index in [1.165, 1.54) is 31.5 Å². The van der Waals surface area contributed by atoms with Gasteiger partial charge in [-0.25, -0.2) is 4.98 Å². The van der Waals surface area contributed by atoms with Crippen molar-refractivity contribution in [3.8, 4) is 0 Å². The third kappa shape index (κ3) is 2.25. The summed E-state index contributed by atoms with van der Waals surface area (Å²) >= 11 is 5.81. The lowest BCUT2D eigenvalue weighted by Gasteiger charge is -2.15. The van der Waals surface area contributed by atoms with Crippen LogP contribution in [0.2, 0.25) is 5.15 Å². The normalized spacial score (nSPS) is 17.6. The molecule has 76 valence electrons. The van der Waals surface area contributed by atoms with Crippen molar-refractivity contribution in [2.24, 2.45) is 0 Å². The van der Waals surface area contributed by atoms with E-state index in [9.17, 15) is 0 Å². The van der Waals surface area contributed by atoms with Crippen molar-refractivity contribution >= 4 is 11.6 Å². The fourth-order valence-corrected chi connectivity index (χ4v) is 2.10. The average molecular weight is 211 g/mol. The Labute approximate surface area is 89.9 Å². The van der Waals surface area contributed by atoms with Crippen LogP contribution < -0.4 is 0 Å². The van der Waals surface area contributed by atoms with Crippen molar-refractivity contribution in [2.45, 2.75) is 26.3 Å². The van der Waals surface area contributed by atoms with Crippen LogP contribution in [0.15, 0.2) is 12.1 Å². The van der Waals surface area contributed by atoms with E-state index in [1.807, 2.05) is 13.0 Å². The number of halogens is 1. The molecule has 2 rings (SSSR count). The largest absolute Gasteiger partial charge is 0.299 e. The fraction of sp³-hybridized carbons (Fsp3) is 0.545. The summed E-state index contributed by atoms with van der Waals surface area (Å²) in [6, 6.07) is 3.96. The minimum Gasteiger partial charge on any atom is -0.299 e. The van der Waals surface area contributed by atoms with E-state index in [0.29, 0.717) is 5.15 Å². The first-order chi connectivity index (χ1) is 6.75. The van der Waals surface area contributed by atoms with Gasteiger partial charge in [0.2, 0.25) is 0 Å². The molecule has 0 radical (unpaired) electrons. The summed E-state index contributed by atoms with van der Waals surface area (Å²) in [5.41, 5.74) is 2.36. The van der Waals surface area contributed by atoms with Crippen LogP contribution in [0.3, 0.4) is 0 Å². The summed E-state index contributed by atoms with van der Waals surface area (Å²) in [5.74, 6) is 0. The van der Waals surface area contributed by atoms with Crippen molar-refractivity contribution in [1.29, 1.82) is 0 Å². The Morgan fingerprint density at radius 2 is 2.07 bits per heavy atom.